The van der Waals surface area contributed by atoms with Crippen molar-refractivity contribution >= 4 is 11.8 Å². The van der Waals surface area contributed by atoms with Crippen LogP contribution in [0.4, 0.5) is 0 Å². The van der Waals surface area contributed by atoms with E-state index in [1.807, 2.05) is 12.3 Å². The number of hydrogen-bond donors (Lipinski definition) is 0. The first kappa shape index (κ1) is 10.9. The van der Waals surface area contributed by atoms with Crippen molar-refractivity contribution in [3.63, 3.8) is 0 Å². The molecule has 82 valence electrons. The highest BCUT2D eigenvalue weighted by molar-refractivity contribution is 5.87. The molecule has 1 aliphatic rings. The first-order chi connectivity index (χ1) is 7.58. The summed E-state index contributed by atoms with van der Waals surface area (Å²) >= 11 is 0. The fourth-order valence-corrected chi connectivity index (χ4v) is 1.86. The van der Waals surface area contributed by atoms with Crippen LogP contribution >= 0.6 is 0 Å². The van der Waals surface area contributed by atoms with Crippen molar-refractivity contribution in [3.8, 4) is 0 Å². The van der Waals surface area contributed by atoms with E-state index in [1.165, 1.54) is 16.7 Å². The van der Waals surface area contributed by atoms with Crippen molar-refractivity contribution < 1.29 is 0 Å². The first-order valence-electron chi connectivity index (χ1n) is 5.59. The lowest BCUT2D eigenvalue weighted by molar-refractivity contribution is 0.664. The lowest BCUT2D eigenvalue weighted by Crippen LogP contribution is -2.12. The van der Waals surface area contributed by atoms with Gasteiger partial charge in [-0.05, 0) is 49.6 Å². The highest BCUT2D eigenvalue weighted by Crippen LogP contribution is 2.28. The van der Waals surface area contributed by atoms with Crippen LogP contribution in [0.3, 0.4) is 0 Å². The normalized spacial score (nSPS) is 18.7. The van der Waals surface area contributed by atoms with Gasteiger partial charge in [-0.25, -0.2) is 0 Å². The van der Waals surface area contributed by atoms with Crippen LogP contribution in [0.25, 0.3) is 5.57 Å². The Morgan fingerprint density at radius 3 is 2.44 bits per heavy atom. The standard InChI is InChI=1S/C15H17N/c1-12-9-10-16-15(2,3)11-14(12)13-7-5-4-6-8-13/h4-11H,1-3H3. The SMILES string of the molecule is CC1=CC=NC(C)(C)C=C1c1ccccc1. The zero-order chi connectivity index (χ0) is 11.6. The van der Waals surface area contributed by atoms with Crippen LogP contribution in [0.15, 0.2) is 53.0 Å². The third kappa shape index (κ3) is 2.30. The minimum absolute atomic E-state index is 0.126. The van der Waals surface area contributed by atoms with Gasteiger partial charge in [0.1, 0.15) is 0 Å². The predicted octanol–water partition coefficient (Wildman–Crippen LogP) is 3.88. The highest BCUT2D eigenvalue weighted by atomic mass is 14.8. The van der Waals surface area contributed by atoms with Crippen molar-refractivity contribution in [3.05, 3.63) is 53.6 Å². The molecule has 1 heterocycles. The Bertz CT molecular complexity index is 461. The van der Waals surface area contributed by atoms with E-state index < -0.39 is 0 Å². The minimum Gasteiger partial charge on any atom is -0.283 e. The van der Waals surface area contributed by atoms with E-state index in [4.69, 9.17) is 0 Å². The summed E-state index contributed by atoms with van der Waals surface area (Å²) in [6, 6.07) is 10.5. The number of benzene rings is 1. The van der Waals surface area contributed by atoms with Gasteiger partial charge in [-0.1, -0.05) is 30.3 Å². The van der Waals surface area contributed by atoms with Gasteiger partial charge in [0.15, 0.2) is 0 Å². The zero-order valence-corrected chi connectivity index (χ0v) is 10.1. The first-order valence-corrected chi connectivity index (χ1v) is 5.59. The minimum atomic E-state index is -0.126. The molecule has 0 aromatic heterocycles. The maximum Gasteiger partial charge on any atom is 0.0740 e. The van der Waals surface area contributed by atoms with Gasteiger partial charge in [0.2, 0.25) is 0 Å². The van der Waals surface area contributed by atoms with Gasteiger partial charge in [0.25, 0.3) is 0 Å². The third-order valence-electron chi connectivity index (χ3n) is 2.74. The Kier molecular flexibility index (Phi) is 2.78. The van der Waals surface area contributed by atoms with Crippen molar-refractivity contribution in [1.29, 1.82) is 0 Å². The van der Waals surface area contributed by atoms with Crippen LogP contribution in [-0.4, -0.2) is 11.8 Å². The molecule has 1 nitrogen and oxygen atoms in total. The molecule has 2 rings (SSSR count). The lowest BCUT2D eigenvalue weighted by atomic mass is 9.93. The molecule has 0 unspecified atom stereocenters. The Morgan fingerprint density at radius 2 is 1.75 bits per heavy atom. The van der Waals surface area contributed by atoms with Crippen molar-refractivity contribution in [2.45, 2.75) is 26.3 Å². The van der Waals surface area contributed by atoms with Crippen LogP contribution in [0.2, 0.25) is 0 Å². The van der Waals surface area contributed by atoms with Gasteiger partial charge in [0.05, 0.1) is 5.54 Å². The Labute approximate surface area is 97.2 Å². The quantitative estimate of drug-likeness (QED) is 0.668. The van der Waals surface area contributed by atoms with Gasteiger partial charge in [-0.3, -0.25) is 4.99 Å². The summed E-state index contributed by atoms with van der Waals surface area (Å²) in [5.41, 5.74) is 3.68. The molecule has 1 aliphatic heterocycles. The van der Waals surface area contributed by atoms with Crippen LogP contribution in [0, 0.1) is 0 Å². The van der Waals surface area contributed by atoms with Gasteiger partial charge < -0.3 is 0 Å². The Morgan fingerprint density at radius 1 is 1.06 bits per heavy atom. The second kappa shape index (κ2) is 4.09. The monoisotopic (exact) mass is 211 g/mol. The maximum absolute atomic E-state index is 4.50. The van der Waals surface area contributed by atoms with E-state index in [-0.39, 0.29) is 5.54 Å². The molecule has 1 aromatic carbocycles. The summed E-state index contributed by atoms with van der Waals surface area (Å²) in [7, 11) is 0. The van der Waals surface area contributed by atoms with Gasteiger partial charge in [-0.2, -0.15) is 0 Å². The summed E-state index contributed by atoms with van der Waals surface area (Å²) in [5, 5.41) is 0. The number of allylic oxidation sites excluding steroid dienone is 3. The maximum atomic E-state index is 4.50. The molecule has 0 amide bonds. The highest BCUT2D eigenvalue weighted by Gasteiger charge is 2.16. The predicted molar refractivity (Wildman–Crippen MR) is 70.7 cm³/mol. The summed E-state index contributed by atoms with van der Waals surface area (Å²) in [4.78, 5) is 4.50. The third-order valence-corrected chi connectivity index (χ3v) is 2.74. The van der Waals surface area contributed by atoms with Crippen LogP contribution in [0.1, 0.15) is 26.3 Å². The van der Waals surface area contributed by atoms with Gasteiger partial charge >= 0.3 is 0 Å². The summed E-state index contributed by atoms with van der Waals surface area (Å²) in [6.45, 7) is 6.38. The second-order valence-corrected chi connectivity index (χ2v) is 4.71. The molecular weight excluding hydrogens is 194 g/mol. The zero-order valence-electron chi connectivity index (χ0n) is 10.1. The summed E-state index contributed by atoms with van der Waals surface area (Å²) < 4.78 is 0. The van der Waals surface area contributed by atoms with Crippen LogP contribution in [-0.2, 0) is 0 Å². The number of aliphatic imine (C=N–C) groups is 1. The molecule has 1 aromatic rings. The largest absolute Gasteiger partial charge is 0.283 e. The van der Waals surface area contributed by atoms with E-state index >= 15 is 0 Å². The fraction of sp³-hybridized carbons (Fsp3) is 0.267. The molecule has 0 atom stereocenters. The number of nitrogens with zero attached hydrogens (tertiary/aromatic N) is 1. The van der Waals surface area contributed by atoms with E-state index in [0.717, 1.165) is 0 Å². The van der Waals surface area contributed by atoms with E-state index in [9.17, 15) is 0 Å². The molecule has 1 heteroatoms. The van der Waals surface area contributed by atoms with E-state index in [2.05, 4.69) is 62.2 Å². The second-order valence-electron chi connectivity index (χ2n) is 4.71. The molecule has 0 saturated carbocycles. The number of hydrogen-bond acceptors (Lipinski definition) is 1. The summed E-state index contributed by atoms with van der Waals surface area (Å²) in [5.74, 6) is 0. The molecule has 0 bridgehead atoms. The van der Waals surface area contributed by atoms with E-state index in [1.54, 1.807) is 0 Å². The molecule has 16 heavy (non-hydrogen) atoms. The average molecular weight is 211 g/mol. The Hall–Kier alpha value is -1.63. The molecule has 0 fully saturated rings. The van der Waals surface area contributed by atoms with Crippen molar-refractivity contribution in [1.82, 2.24) is 0 Å². The molecule has 0 aliphatic carbocycles. The molecule has 0 N–H and O–H groups in total. The average Bonchev–Trinajstić information content (AvgIpc) is 2.39. The molecule has 0 spiro atoms. The fourth-order valence-electron chi connectivity index (χ4n) is 1.86. The van der Waals surface area contributed by atoms with Crippen molar-refractivity contribution in [2.24, 2.45) is 4.99 Å². The molecule has 0 radical (unpaired) electrons. The molecular formula is C15H17N. The number of rotatable bonds is 1. The van der Waals surface area contributed by atoms with Gasteiger partial charge in [-0.15, -0.1) is 0 Å². The van der Waals surface area contributed by atoms with Crippen LogP contribution in [0.5, 0.6) is 0 Å². The summed E-state index contributed by atoms with van der Waals surface area (Å²) in [6.07, 6.45) is 6.22. The topological polar surface area (TPSA) is 12.4 Å². The Balaban J connectivity index is 2.51. The lowest BCUT2D eigenvalue weighted by Gasteiger charge is -2.16. The van der Waals surface area contributed by atoms with Crippen LogP contribution < -0.4 is 0 Å². The molecule has 0 saturated heterocycles. The van der Waals surface area contributed by atoms with Gasteiger partial charge in [0, 0.05) is 6.21 Å². The van der Waals surface area contributed by atoms with E-state index in [0.29, 0.717) is 0 Å². The van der Waals surface area contributed by atoms with Crippen molar-refractivity contribution in [2.75, 3.05) is 0 Å². The smallest absolute Gasteiger partial charge is 0.0740 e.